The van der Waals surface area contributed by atoms with Gasteiger partial charge in [-0.15, -0.1) is 5.10 Å². The van der Waals surface area contributed by atoms with Gasteiger partial charge >= 0.3 is 5.97 Å². The Balaban J connectivity index is 3.07. The number of hydrogen-bond donors (Lipinski definition) is 1. The van der Waals surface area contributed by atoms with Crippen LogP contribution < -0.4 is 0 Å². The summed E-state index contributed by atoms with van der Waals surface area (Å²) in [5, 5.41) is 18.1. The van der Waals surface area contributed by atoms with Gasteiger partial charge < -0.3 is 14.6 Å². The quantitative estimate of drug-likeness (QED) is 0.737. The number of ether oxygens (including phenoxy) is 2. The van der Waals surface area contributed by atoms with Crippen LogP contribution in [0.4, 0.5) is 0 Å². The molecule has 0 aliphatic heterocycles. The van der Waals surface area contributed by atoms with Crippen molar-refractivity contribution in [2.24, 2.45) is 0 Å². The van der Waals surface area contributed by atoms with Gasteiger partial charge in [0.1, 0.15) is 0 Å². The molecule has 1 rings (SSSR count). The van der Waals surface area contributed by atoms with E-state index in [2.05, 4.69) is 15.0 Å². The van der Waals surface area contributed by atoms with Crippen LogP contribution in [0.5, 0.6) is 0 Å². The van der Waals surface area contributed by atoms with Crippen molar-refractivity contribution < 1.29 is 19.4 Å². The molecule has 0 amide bonds. The van der Waals surface area contributed by atoms with Gasteiger partial charge in [-0.05, 0) is 12.8 Å². The minimum Gasteiger partial charge on any atom is -0.464 e. The Kier molecular flexibility index (Phi) is 5.44. The van der Waals surface area contributed by atoms with Crippen LogP contribution in [0, 0.1) is 0 Å². The van der Waals surface area contributed by atoms with Crippen molar-refractivity contribution in [3.8, 4) is 0 Å². The molecule has 1 aromatic rings. The standard InChI is InChI=1S/C12H21N3O4/c1-5-12(17,6-2)8-15-9(7-18-3)10(13-14-15)11(16)19-4/h17H,5-8H2,1-4H3. The van der Waals surface area contributed by atoms with E-state index in [4.69, 9.17) is 4.74 Å². The molecule has 0 bridgehead atoms. The van der Waals surface area contributed by atoms with Crippen molar-refractivity contribution in [1.82, 2.24) is 15.0 Å². The maximum Gasteiger partial charge on any atom is 0.360 e. The Hall–Kier alpha value is -1.47. The van der Waals surface area contributed by atoms with Gasteiger partial charge in [0.15, 0.2) is 5.69 Å². The zero-order valence-corrected chi connectivity index (χ0v) is 11.8. The number of rotatable bonds is 7. The van der Waals surface area contributed by atoms with E-state index in [1.54, 1.807) is 0 Å². The van der Waals surface area contributed by atoms with Crippen molar-refractivity contribution >= 4 is 5.97 Å². The van der Waals surface area contributed by atoms with Crippen molar-refractivity contribution in [3.63, 3.8) is 0 Å². The summed E-state index contributed by atoms with van der Waals surface area (Å²) in [4.78, 5) is 11.6. The normalized spacial score (nSPS) is 11.6. The zero-order chi connectivity index (χ0) is 14.5. The van der Waals surface area contributed by atoms with E-state index >= 15 is 0 Å². The highest BCUT2D eigenvalue weighted by molar-refractivity contribution is 5.88. The molecule has 0 aromatic carbocycles. The number of carbonyl (C=O) groups is 1. The predicted molar refractivity (Wildman–Crippen MR) is 67.6 cm³/mol. The summed E-state index contributed by atoms with van der Waals surface area (Å²) in [6.45, 7) is 4.25. The minimum absolute atomic E-state index is 0.124. The third kappa shape index (κ3) is 3.51. The lowest BCUT2D eigenvalue weighted by atomic mass is 9.97. The molecule has 0 spiro atoms. The van der Waals surface area contributed by atoms with Gasteiger partial charge in [-0.2, -0.15) is 0 Å². The summed E-state index contributed by atoms with van der Waals surface area (Å²) in [5.74, 6) is -0.560. The first-order chi connectivity index (χ1) is 9.01. The van der Waals surface area contributed by atoms with Crippen LogP contribution >= 0.6 is 0 Å². The number of esters is 1. The van der Waals surface area contributed by atoms with E-state index in [0.29, 0.717) is 18.5 Å². The van der Waals surface area contributed by atoms with Gasteiger partial charge in [-0.1, -0.05) is 19.1 Å². The topological polar surface area (TPSA) is 86.5 Å². The summed E-state index contributed by atoms with van der Waals surface area (Å²) in [7, 11) is 2.80. The highest BCUT2D eigenvalue weighted by Crippen LogP contribution is 2.19. The van der Waals surface area contributed by atoms with Crippen LogP contribution in [0.3, 0.4) is 0 Å². The SMILES string of the molecule is CCC(O)(CC)Cn1nnc(C(=O)OC)c1COC. The van der Waals surface area contributed by atoms with Crippen LogP contribution in [0.1, 0.15) is 42.9 Å². The van der Waals surface area contributed by atoms with Crippen LogP contribution in [-0.4, -0.2) is 45.9 Å². The van der Waals surface area contributed by atoms with Gasteiger partial charge in [0.05, 0.1) is 31.6 Å². The van der Waals surface area contributed by atoms with Crippen molar-refractivity contribution in [3.05, 3.63) is 11.4 Å². The van der Waals surface area contributed by atoms with E-state index in [0.717, 1.165) is 0 Å². The monoisotopic (exact) mass is 271 g/mol. The number of hydrogen-bond acceptors (Lipinski definition) is 6. The minimum atomic E-state index is -0.871. The fourth-order valence-corrected chi connectivity index (χ4v) is 1.75. The molecule has 0 atom stereocenters. The third-order valence-electron chi connectivity index (χ3n) is 3.26. The molecule has 1 aromatic heterocycles. The van der Waals surface area contributed by atoms with E-state index in [1.807, 2.05) is 13.8 Å². The maximum atomic E-state index is 11.6. The van der Waals surface area contributed by atoms with Crippen LogP contribution in [0.15, 0.2) is 0 Å². The van der Waals surface area contributed by atoms with Crippen LogP contribution in [0.2, 0.25) is 0 Å². The maximum absolute atomic E-state index is 11.6. The van der Waals surface area contributed by atoms with Crippen molar-refractivity contribution in [2.75, 3.05) is 14.2 Å². The van der Waals surface area contributed by atoms with Crippen LogP contribution in [0.25, 0.3) is 0 Å². The molecule has 0 radical (unpaired) electrons. The summed E-state index contributed by atoms with van der Waals surface area (Å²) < 4.78 is 11.2. The molecular formula is C12H21N3O4. The van der Waals surface area contributed by atoms with Gasteiger partial charge in [0, 0.05) is 7.11 Å². The lowest BCUT2D eigenvalue weighted by Crippen LogP contribution is -2.34. The molecule has 0 saturated carbocycles. The lowest BCUT2D eigenvalue weighted by molar-refractivity contribution is 0.00922. The van der Waals surface area contributed by atoms with E-state index in [9.17, 15) is 9.90 Å². The molecule has 1 N–H and O–H groups in total. The second kappa shape index (κ2) is 6.63. The summed E-state index contributed by atoms with van der Waals surface area (Å²) >= 11 is 0. The smallest absolute Gasteiger partial charge is 0.360 e. The Morgan fingerprint density at radius 2 is 2.00 bits per heavy atom. The number of aliphatic hydroxyl groups is 1. The fraction of sp³-hybridized carbons (Fsp3) is 0.750. The average Bonchev–Trinajstić information content (AvgIpc) is 2.81. The van der Waals surface area contributed by atoms with Gasteiger partial charge in [-0.25, -0.2) is 9.48 Å². The van der Waals surface area contributed by atoms with Crippen LogP contribution in [-0.2, 0) is 22.6 Å². The van der Waals surface area contributed by atoms with Crippen molar-refractivity contribution in [2.45, 2.75) is 45.4 Å². The van der Waals surface area contributed by atoms with E-state index in [1.165, 1.54) is 18.9 Å². The molecule has 0 fully saturated rings. The summed E-state index contributed by atoms with van der Waals surface area (Å²) in [6.07, 6.45) is 1.17. The summed E-state index contributed by atoms with van der Waals surface area (Å²) in [5.41, 5.74) is -0.239. The Morgan fingerprint density at radius 1 is 1.37 bits per heavy atom. The largest absolute Gasteiger partial charge is 0.464 e. The molecule has 0 unspecified atom stereocenters. The Labute approximate surface area is 112 Å². The highest BCUT2D eigenvalue weighted by atomic mass is 16.5. The van der Waals surface area contributed by atoms with Crippen molar-refractivity contribution in [1.29, 1.82) is 0 Å². The number of nitrogens with zero attached hydrogens (tertiary/aromatic N) is 3. The summed E-state index contributed by atoms with van der Waals surface area (Å²) in [6, 6.07) is 0. The number of aromatic nitrogens is 3. The second-order valence-corrected chi connectivity index (χ2v) is 4.40. The van der Waals surface area contributed by atoms with Gasteiger partial charge in [-0.3, -0.25) is 0 Å². The number of methoxy groups -OCH3 is 2. The molecule has 1 heterocycles. The molecule has 108 valence electrons. The van der Waals surface area contributed by atoms with E-state index in [-0.39, 0.29) is 18.8 Å². The molecule has 7 nitrogen and oxygen atoms in total. The molecule has 7 heteroatoms. The third-order valence-corrected chi connectivity index (χ3v) is 3.26. The predicted octanol–water partition coefficient (Wildman–Crippen LogP) is 0.762. The molecule has 0 aliphatic rings. The first-order valence-electron chi connectivity index (χ1n) is 6.23. The Morgan fingerprint density at radius 3 is 2.47 bits per heavy atom. The van der Waals surface area contributed by atoms with Gasteiger partial charge in [0.2, 0.25) is 0 Å². The first kappa shape index (κ1) is 15.6. The molecular weight excluding hydrogens is 250 g/mol. The van der Waals surface area contributed by atoms with Gasteiger partial charge in [0.25, 0.3) is 0 Å². The zero-order valence-electron chi connectivity index (χ0n) is 11.8. The lowest BCUT2D eigenvalue weighted by Gasteiger charge is -2.25. The molecule has 0 saturated heterocycles. The molecule has 19 heavy (non-hydrogen) atoms. The highest BCUT2D eigenvalue weighted by Gasteiger charge is 2.27. The first-order valence-corrected chi connectivity index (χ1v) is 6.23. The fourth-order valence-electron chi connectivity index (χ4n) is 1.75. The second-order valence-electron chi connectivity index (χ2n) is 4.40. The van der Waals surface area contributed by atoms with E-state index < -0.39 is 11.6 Å². The molecule has 0 aliphatic carbocycles. The Bertz CT molecular complexity index is 427. The number of carbonyl (C=O) groups excluding carboxylic acids is 1. The average molecular weight is 271 g/mol.